The van der Waals surface area contributed by atoms with E-state index in [-0.39, 0.29) is 133 Å². The number of hydrogen-bond acceptors (Lipinski definition) is 22. The van der Waals surface area contributed by atoms with Crippen molar-refractivity contribution >= 4 is 253 Å². The Bertz CT molecular complexity index is 6820. The molecule has 10 N–H and O–H groups in total. The average molecular weight is 2530 g/mol. The zero-order valence-electron chi connectivity index (χ0n) is 74.2. The molecule has 0 aliphatic rings. The van der Waals surface area contributed by atoms with Gasteiger partial charge in [0.25, 0.3) is 57.3 Å². The van der Waals surface area contributed by atoms with Gasteiger partial charge >= 0.3 is 0 Å². The molecule has 15 rings (SSSR count). The third-order valence-electron chi connectivity index (χ3n) is 21.8. The number of hydrogen-bond donors (Lipinski definition) is 10. The zero-order valence-corrected chi connectivity index (χ0v) is 88.9. The van der Waals surface area contributed by atoms with Crippen molar-refractivity contribution in [3.63, 3.8) is 0 Å². The van der Waals surface area contributed by atoms with Crippen LogP contribution >= 0.6 is 170 Å². The maximum atomic E-state index is 14.4. The Hall–Kier alpha value is -9.16. The summed E-state index contributed by atoms with van der Waals surface area (Å²) in [7, 11) is 8.05. The highest BCUT2D eigenvalue weighted by molar-refractivity contribution is 14.1. The van der Waals surface area contributed by atoms with Gasteiger partial charge in [-0.1, -0.05) is 65.1 Å². The summed E-state index contributed by atoms with van der Waals surface area (Å²) in [6.45, 7) is 3.79. The van der Waals surface area contributed by atoms with Crippen LogP contribution in [-0.4, -0.2) is 144 Å². The van der Waals surface area contributed by atoms with E-state index in [1.165, 1.54) is 76.4 Å². The topological polar surface area (TPSA) is 415 Å². The van der Waals surface area contributed by atoms with E-state index in [4.69, 9.17) is 83.3 Å². The summed E-state index contributed by atoms with van der Waals surface area (Å²) in [5, 5.41) is 60.0. The van der Waals surface area contributed by atoms with Gasteiger partial charge < -0.3 is 77.6 Å². The lowest BCUT2D eigenvalue weighted by molar-refractivity contribution is 0.0166. The number of aliphatic hydroxyl groups is 5. The number of carbonyl (C=O) groups is 5. The Morgan fingerprint density at radius 3 is 1.00 bits per heavy atom. The van der Waals surface area contributed by atoms with Gasteiger partial charge in [0.1, 0.15) is 28.3 Å². The molecule has 10 heterocycles. The molecule has 42 heteroatoms. The fraction of sp³-hybridized carbons (Fsp3) is 0.263. The van der Waals surface area contributed by atoms with Crippen molar-refractivity contribution in [1.82, 2.24) is 49.7 Å². The summed E-state index contributed by atoms with van der Waals surface area (Å²) in [5.74, 6) is -2.94. The first kappa shape index (κ1) is 108. The molecule has 30 nitrogen and oxygen atoms in total. The highest BCUT2D eigenvalue weighted by atomic mass is 127. The smallest absolute Gasteiger partial charge is 0.278 e. The number of furan rings is 3. The SMILES string of the molecule is Cc1coc2c(C(=O)NCCCO)c(Cc3ccc(I)cc3Cl)n(C)c(=O)c12.Cc1coc2c(C(=O)NCCCO)c(Cc3ccc(I)cc3F)n(C)c(=O)c12.Cn1c(Cc2ccc(I)cc2Cl)c(C(=O)NCCCO)c2occc2c1=O.Cn1c(Cc2ccc(I)cc2Cl)c(C(=O)NOCCO)c2sccc2c1=O.Cn1c(Cc2ccc(I)cc2F)c(C(=O)NOCCO)c2sccc2c1=O. The van der Waals surface area contributed by atoms with Crippen LogP contribution in [0, 0.1) is 43.3 Å². The highest BCUT2D eigenvalue weighted by Gasteiger charge is 2.31. The van der Waals surface area contributed by atoms with E-state index < -0.39 is 29.4 Å². The lowest BCUT2D eigenvalue weighted by Gasteiger charge is -2.16. The fourth-order valence-corrected chi connectivity index (χ4v) is 20.3. The molecule has 0 saturated carbocycles. The molecular weight excluding hydrogens is 2440 g/mol. The van der Waals surface area contributed by atoms with Crippen LogP contribution in [0.15, 0.2) is 176 Å². The Morgan fingerprint density at radius 2 is 0.679 bits per heavy atom. The van der Waals surface area contributed by atoms with Crippen LogP contribution in [0.2, 0.25) is 15.1 Å². The van der Waals surface area contributed by atoms with Crippen LogP contribution in [0.5, 0.6) is 0 Å². The minimum absolute atomic E-state index is 0.0190. The molecule has 0 atom stereocenters. The summed E-state index contributed by atoms with van der Waals surface area (Å²) in [4.78, 5) is 138. The molecule has 5 aromatic carbocycles. The van der Waals surface area contributed by atoms with Crippen molar-refractivity contribution in [2.24, 2.45) is 35.2 Å². The second-order valence-electron chi connectivity index (χ2n) is 30.7. The molecule has 0 spiro atoms. The van der Waals surface area contributed by atoms with Crippen LogP contribution in [-0.2, 0) is 77.0 Å². The summed E-state index contributed by atoms with van der Waals surface area (Å²) in [5.41, 5.74) is 12.5. The van der Waals surface area contributed by atoms with E-state index in [0.29, 0.717) is 170 Å². The van der Waals surface area contributed by atoms with Crippen LogP contribution in [0.1, 0.15) is 138 Å². The van der Waals surface area contributed by atoms with Gasteiger partial charge in [-0.05, 0) is 264 Å². The number of fused-ring (bicyclic) bond motifs is 5. The van der Waals surface area contributed by atoms with Gasteiger partial charge in [0.15, 0.2) is 16.7 Å². The number of aromatic nitrogens is 5. The van der Waals surface area contributed by atoms with Crippen molar-refractivity contribution in [3.05, 3.63) is 330 Å². The number of rotatable bonds is 30. The predicted octanol–water partition coefficient (Wildman–Crippen LogP) is 15.1. The number of thiophene rings is 2. The van der Waals surface area contributed by atoms with Crippen molar-refractivity contribution < 1.29 is 81.2 Å². The second kappa shape index (κ2) is 50.3. The van der Waals surface area contributed by atoms with Gasteiger partial charge in [0, 0.05) is 179 Å². The van der Waals surface area contributed by atoms with E-state index in [1.54, 1.807) is 102 Å². The Morgan fingerprint density at radius 1 is 0.380 bits per heavy atom. The number of halogens is 10. The summed E-state index contributed by atoms with van der Waals surface area (Å²) in [6, 6.07) is 31.5. The molecule has 0 aliphatic carbocycles. The van der Waals surface area contributed by atoms with Gasteiger partial charge in [-0.3, -0.25) is 57.6 Å². The first-order valence-corrected chi connectivity index (χ1v) is 50.2. The molecule has 0 saturated heterocycles. The Balaban J connectivity index is 0.000000164. The van der Waals surface area contributed by atoms with Crippen LogP contribution in [0.25, 0.3) is 53.1 Å². The number of pyridine rings is 5. The number of amides is 5. The van der Waals surface area contributed by atoms with Crippen molar-refractivity contribution in [1.29, 1.82) is 0 Å². The standard InChI is InChI=1S/C20H20ClIN2O4.C20H20FIN2O4.C19H18ClIN2O4.C18H16ClIN2O4S.C18H16FIN2O4S/c2*1-11-10-28-18-16(11)20(27)24(2)15(17(18)19(26)23-6-3-7-25)8-12-4-5-13(22)9-14(12)21;1-23-15(9-11-3-4-12(21)10-14(11)20)16(18(25)22-6-2-7-24)17-13(19(23)26)5-8-27-17;2*1-22-14(8-10-2-3-11(20)9-13(10)19)15(17(24)21-26-6-5-23)16-12(18(22)25)4-7-27-16/h2*4-5,9-10,25H,3,6-8H2,1-2H3,(H,23,26);3-5,8,10,24H,2,6-7,9H2,1H3,(H,22,25);2*2-4,7,9,23H,5-6,8H2,1H3,(H,21,24). The fourth-order valence-electron chi connectivity index (χ4n) is 14.8. The van der Waals surface area contributed by atoms with E-state index >= 15 is 0 Å². The Labute approximate surface area is 871 Å². The maximum absolute atomic E-state index is 14.4. The molecule has 0 fully saturated rings. The number of hydroxylamine groups is 2. The Kier molecular flexibility index (Phi) is 39.7. The molecule has 0 radical (unpaired) electrons. The van der Waals surface area contributed by atoms with E-state index in [2.05, 4.69) is 94.7 Å². The molecule has 722 valence electrons. The molecule has 137 heavy (non-hydrogen) atoms. The van der Waals surface area contributed by atoms with Crippen LogP contribution < -0.4 is 54.7 Å². The minimum Gasteiger partial charge on any atom is -0.463 e. The number of carbonyl (C=O) groups excluding carboxylic acids is 5. The van der Waals surface area contributed by atoms with Crippen molar-refractivity contribution in [2.75, 3.05) is 65.9 Å². The van der Waals surface area contributed by atoms with Gasteiger partial charge in [0.2, 0.25) is 0 Å². The number of aryl methyl sites for hydroxylation is 2. The molecule has 10 aromatic heterocycles. The predicted molar refractivity (Wildman–Crippen MR) is 566 cm³/mol. The first-order chi connectivity index (χ1) is 65.5. The van der Waals surface area contributed by atoms with Gasteiger partial charge in [-0.2, -0.15) is 0 Å². The monoisotopic (exact) mass is 2530 g/mol. The maximum Gasteiger partial charge on any atom is 0.278 e. The van der Waals surface area contributed by atoms with E-state index in [1.807, 2.05) is 99.8 Å². The number of nitrogens with zero attached hydrogens (tertiary/aromatic N) is 5. The second-order valence-corrected chi connectivity index (χ2v) is 40.0. The lowest BCUT2D eigenvalue weighted by Crippen LogP contribution is -2.31. The normalized spacial score (nSPS) is 11.1. The summed E-state index contributed by atoms with van der Waals surface area (Å²) in [6.07, 6.45) is 6.67. The minimum atomic E-state index is -0.549. The quantitative estimate of drug-likeness (QED) is 0.0114. The van der Waals surface area contributed by atoms with Crippen LogP contribution in [0.3, 0.4) is 0 Å². The molecule has 15 aromatic rings. The average Bonchev–Trinajstić information content (AvgIpc) is 1.70. The van der Waals surface area contributed by atoms with E-state index in [9.17, 15) is 56.7 Å². The largest absolute Gasteiger partial charge is 0.463 e. The van der Waals surface area contributed by atoms with Gasteiger partial charge in [-0.15, -0.1) is 22.7 Å². The number of benzene rings is 5. The third-order valence-corrected chi connectivity index (χ3v) is 28.0. The van der Waals surface area contributed by atoms with Gasteiger partial charge in [-0.25, -0.2) is 19.7 Å². The summed E-state index contributed by atoms with van der Waals surface area (Å²) >= 11 is 32.2. The molecule has 0 unspecified atom stereocenters. The third kappa shape index (κ3) is 25.8. The molecule has 0 aliphatic heterocycles. The lowest BCUT2D eigenvalue weighted by atomic mass is 10.0. The van der Waals surface area contributed by atoms with Crippen molar-refractivity contribution in [3.8, 4) is 0 Å². The molecular formula is C95H90Cl3F2I5N10O20S2. The molecule has 0 bridgehead atoms. The first-order valence-electron chi connectivity index (χ1n) is 41.9. The number of aliphatic hydroxyl groups excluding tert-OH is 5. The summed E-state index contributed by atoms with van der Waals surface area (Å²) < 4.78 is 58.2. The van der Waals surface area contributed by atoms with Gasteiger partial charge in [0.05, 0.1) is 92.7 Å². The van der Waals surface area contributed by atoms with Crippen LogP contribution in [0.4, 0.5) is 8.78 Å². The molecule has 5 amide bonds. The van der Waals surface area contributed by atoms with E-state index in [0.717, 1.165) is 34.5 Å². The van der Waals surface area contributed by atoms with Crippen molar-refractivity contribution in [2.45, 2.75) is 65.2 Å². The number of nitrogens with one attached hydrogen (secondary N) is 5. The highest BCUT2D eigenvalue weighted by Crippen LogP contribution is 2.35. The zero-order chi connectivity index (χ0) is 99.5.